The molecule has 82 valence electrons. The standard InChI is InChI=1S/C12H11NO2S/c1-9-2-3-12(10(4-9)5-14)15-6-11-7-16-8-13-11/h2-5,7-8H,6H2,1H3. The molecule has 0 aliphatic rings. The average Bonchev–Trinajstić information content (AvgIpc) is 2.80. The molecule has 0 fully saturated rings. The van der Waals surface area contributed by atoms with Crippen LogP contribution in [0.2, 0.25) is 0 Å². The van der Waals surface area contributed by atoms with Crippen LogP contribution in [-0.4, -0.2) is 11.3 Å². The molecule has 0 atom stereocenters. The highest BCUT2D eigenvalue weighted by Crippen LogP contribution is 2.19. The van der Waals surface area contributed by atoms with Crippen LogP contribution in [0.25, 0.3) is 0 Å². The SMILES string of the molecule is Cc1ccc(OCc2cscn2)c(C=O)c1. The Kier molecular flexibility index (Phi) is 3.31. The van der Waals surface area contributed by atoms with E-state index in [1.807, 2.05) is 30.5 Å². The van der Waals surface area contributed by atoms with Gasteiger partial charge in [0, 0.05) is 5.38 Å². The van der Waals surface area contributed by atoms with E-state index in [-0.39, 0.29) is 0 Å². The second-order valence-corrected chi connectivity index (χ2v) is 4.15. The Bertz CT molecular complexity index is 480. The first-order valence-electron chi connectivity index (χ1n) is 4.85. The third-order valence-electron chi connectivity index (χ3n) is 2.15. The summed E-state index contributed by atoms with van der Waals surface area (Å²) in [7, 11) is 0. The largest absolute Gasteiger partial charge is 0.487 e. The maximum atomic E-state index is 10.8. The number of aryl methyl sites for hydroxylation is 1. The zero-order chi connectivity index (χ0) is 11.4. The molecule has 0 aliphatic heterocycles. The third kappa shape index (κ3) is 2.46. The van der Waals surface area contributed by atoms with Crippen molar-refractivity contribution >= 4 is 17.6 Å². The lowest BCUT2D eigenvalue weighted by Crippen LogP contribution is -1.98. The highest BCUT2D eigenvalue weighted by Gasteiger charge is 2.04. The number of aromatic nitrogens is 1. The van der Waals surface area contributed by atoms with E-state index in [1.165, 1.54) is 11.3 Å². The monoisotopic (exact) mass is 233 g/mol. The number of carbonyl (C=O) groups is 1. The first-order valence-corrected chi connectivity index (χ1v) is 5.79. The number of carbonyl (C=O) groups excluding carboxylic acids is 1. The second kappa shape index (κ2) is 4.90. The molecular weight excluding hydrogens is 222 g/mol. The highest BCUT2D eigenvalue weighted by molar-refractivity contribution is 7.07. The molecule has 4 heteroatoms. The van der Waals surface area contributed by atoms with Crippen molar-refractivity contribution in [3.63, 3.8) is 0 Å². The topological polar surface area (TPSA) is 39.2 Å². The van der Waals surface area contributed by atoms with Gasteiger partial charge in [-0.1, -0.05) is 11.6 Å². The minimum atomic E-state index is 0.396. The lowest BCUT2D eigenvalue weighted by Gasteiger charge is -2.07. The number of aldehydes is 1. The van der Waals surface area contributed by atoms with Crippen molar-refractivity contribution in [2.75, 3.05) is 0 Å². The van der Waals surface area contributed by atoms with E-state index in [1.54, 1.807) is 5.51 Å². The molecule has 2 rings (SSSR count). The van der Waals surface area contributed by atoms with Crippen molar-refractivity contribution in [1.29, 1.82) is 0 Å². The maximum absolute atomic E-state index is 10.8. The lowest BCUT2D eigenvalue weighted by molar-refractivity contribution is 0.111. The number of hydrogen-bond donors (Lipinski definition) is 0. The molecule has 0 spiro atoms. The van der Waals surface area contributed by atoms with E-state index in [9.17, 15) is 4.79 Å². The van der Waals surface area contributed by atoms with Crippen LogP contribution in [0.3, 0.4) is 0 Å². The molecule has 1 aromatic carbocycles. The summed E-state index contributed by atoms with van der Waals surface area (Å²) in [5.74, 6) is 0.605. The summed E-state index contributed by atoms with van der Waals surface area (Å²) in [5, 5.41) is 1.93. The Morgan fingerprint density at radius 2 is 2.38 bits per heavy atom. The van der Waals surface area contributed by atoms with Gasteiger partial charge < -0.3 is 4.74 Å². The van der Waals surface area contributed by atoms with Crippen molar-refractivity contribution in [3.05, 3.63) is 45.9 Å². The Morgan fingerprint density at radius 1 is 1.50 bits per heavy atom. The summed E-state index contributed by atoms with van der Waals surface area (Å²) in [6.45, 7) is 2.34. The predicted molar refractivity (Wildman–Crippen MR) is 63.0 cm³/mol. The van der Waals surface area contributed by atoms with Gasteiger partial charge in [-0.3, -0.25) is 4.79 Å². The number of hydrogen-bond acceptors (Lipinski definition) is 4. The minimum absolute atomic E-state index is 0.396. The van der Waals surface area contributed by atoms with Gasteiger partial charge in [-0.2, -0.15) is 0 Å². The van der Waals surface area contributed by atoms with Gasteiger partial charge in [0.25, 0.3) is 0 Å². The molecule has 0 saturated heterocycles. The molecule has 0 amide bonds. The zero-order valence-electron chi connectivity index (χ0n) is 8.84. The van der Waals surface area contributed by atoms with Crippen molar-refractivity contribution < 1.29 is 9.53 Å². The zero-order valence-corrected chi connectivity index (χ0v) is 9.66. The average molecular weight is 233 g/mol. The van der Waals surface area contributed by atoms with Gasteiger partial charge in [0.1, 0.15) is 12.4 Å². The minimum Gasteiger partial charge on any atom is -0.487 e. The molecule has 0 radical (unpaired) electrons. The number of rotatable bonds is 4. The fourth-order valence-electron chi connectivity index (χ4n) is 1.35. The Morgan fingerprint density at radius 3 is 3.06 bits per heavy atom. The molecule has 1 heterocycles. The van der Waals surface area contributed by atoms with E-state index < -0.39 is 0 Å². The molecule has 2 aromatic rings. The molecule has 16 heavy (non-hydrogen) atoms. The molecular formula is C12H11NO2S. The van der Waals surface area contributed by atoms with Crippen LogP contribution < -0.4 is 4.74 Å². The molecule has 0 aliphatic carbocycles. The smallest absolute Gasteiger partial charge is 0.153 e. The number of benzene rings is 1. The van der Waals surface area contributed by atoms with Gasteiger partial charge in [-0.15, -0.1) is 11.3 Å². The fraction of sp³-hybridized carbons (Fsp3) is 0.167. The summed E-state index contributed by atoms with van der Waals surface area (Å²) < 4.78 is 5.54. The summed E-state index contributed by atoms with van der Waals surface area (Å²) in [4.78, 5) is 15.0. The Hall–Kier alpha value is -1.68. The van der Waals surface area contributed by atoms with Crippen molar-refractivity contribution in [1.82, 2.24) is 4.98 Å². The van der Waals surface area contributed by atoms with Crippen LogP contribution in [0.1, 0.15) is 21.6 Å². The van der Waals surface area contributed by atoms with Gasteiger partial charge in [-0.25, -0.2) is 4.98 Å². The van der Waals surface area contributed by atoms with E-state index in [0.717, 1.165) is 17.5 Å². The molecule has 0 unspecified atom stereocenters. The molecule has 0 bridgehead atoms. The molecule has 0 saturated carbocycles. The van der Waals surface area contributed by atoms with Gasteiger partial charge in [0.05, 0.1) is 16.8 Å². The van der Waals surface area contributed by atoms with Crippen LogP contribution in [0.4, 0.5) is 0 Å². The maximum Gasteiger partial charge on any atom is 0.153 e. The van der Waals surface area contributed by atoms with Gasteiger partial charge in [-0.05, 0) is 19.1 Å². The first-order chi connectivity index (χ1) is 7.79. The summed E-state index contributed by atoms with van der Waals surface area (Å²) in [6.07, 6.45) is 0.809. The van der Waals surface area contributed by atoms with Crippen LogP contribution >= 0.6 is 11.3 Å². The van der Waals surface area contributed by atoms with Gasteiger partial charge in [0.15, 0.2) is 6.29 Å². The molecule has 3 nitrogen and oxygen atoms in total. The summed E-state index contributed by atoms with van der Waals surface area (Å²) in [5.41, 5.74) is 4.26. The van der Waals surface area contributed by atoms with E-state index >= 15 is 0 Å². The van der Waals surface area contributed by atoms with E-state index in [4.69, 9.17) is 4.74 Å². The van der Waals surface area contributed by atoms with Gasteiger partial charge >= 0.3 is 0 Å². The Balaban J connectivity index is 2.12. The van der Waals surface area contributed by atoms with Crippen molar-refractivity contribution in [3.8, 4) is 5.75 Å². The van der Waals surface area contributed by atoms with Crippen LogP contribution in [0.15, 0.2) is 29.1 Å². The van der Waals surface area contributed by atoms with Gasteiger partial charge in [0.2, 0.25) is 0 Å². The molecule has 1 aromatic heterocycles. The van der Waals surface area contributed by atoms with Crippen LogP contribution in [-0.2, 0) is 6.61 Å². The highest BCUT2D eigenvalue weighted by atomic mass is 32.1. The third-order valence-corrected chi connectivity index (χ3v) is 2.79. The predicted octanol–water partition coefficient (Wildman–Crippen LogP) is 2.84. The first kappa shape index (κ1) is 10.8. The van der Waals surface area contributed by atoms with E-state index in [2.05, 4.69) is 4.98 Å². The van der Waals surface area contributed by atoms with Crippen molar-refractivity contribution in [2.45, 2.75) is 13.5 Å². The Labute approximate surface area is 97.7 Å². The van der Waals surface area contributed by atoms with E-state index in [0.29, 0.717) is 17.9 Å². The number of thiazole rings is 1. The van der Waals surface area contributed by atoms with Crippen LogP contribution in [0, 0.1) is 6.92 Å². The normalized spacial score (nSPS) is 10.1. The fourth-order valence-corrected chi connectivity index (χ4v) is 1.90. The summed E-state index contributed by atoms with van der Waals surface area (Å²) in [6, 6.07) is 5.54. The quantitative estimate of drug-likeness (QED) is 0.762. The molecule has 0 N–H and O–H groups in total. The lowest BCUT2D eigenvalue weighted by atomic mass is 10.1. The second-order valence-electron chi connectivity index (χ2n) is 3.43. The summed E-state index contributed by atoms with van der Waals surface area (Å²) >= 11 is 1.53. The van der Waals surface area contributed by atoms with Crippen LogP contribution in [0.5, 0.6) is 5.75 Å². The number of nitrogens with zero attached hydrogens (tertiary/aromatic N) is 1. The number of ether oxygens (including phenoxy) is 1. The van der Waals surface area contributed by atoms with Crippen molar-refractivity contribution in [2.24, 2.45) is 0 Å².